The fraction of sp³-hybridized carbons (Fsp3) is 0.583. The Hall–Kier alpha value is -0.970. The molecule has 0 aliphatic carbocycles. The Morgan fingerprint density at radius 3 is 2.41 bits per heavy atom. The second kappa shape index (κ2) is 5.58. The molecule has 0 aliphatic rings. The molecule has 0 fully saturated rings. The quantitative estimate of drug-likeness (QED) is 0.482. The highest BCUT2D eigenvalue weighted by atomic mass is 79.9. The van der Waals surface area contributed by atoms with E-state index in [1.165, 1.54) is 0 Å². The Morgan fingerprint density at radius 2 is 2.00 bits per heavy atom. The summed E-state index contributed by atoms with van der Waals surface area (Å²) in [7, 11) is 0. The van der Waals surface area contributed by atoms with Crippen molar-refractivity contribution in [1.82, 2.24) is 4.98 Å². The van der Waals surface area contributed by atoms with Gasteiger partial charge in [-0.2, -0.15) is 0 Å². The highest BCUT2D eigenvalue weighted by molar-refractivity contribution is 9.09. The van der Waals surface area contributed by atoms with Gasteiger partial charge in [0.15, 0.2) is 0 Å². The zero-order valence-corrected chi connectivity index (χ0v) is 12.1. The maximum Gasteiger partial charge on any atom is 0.291 e. The van der Waals surface area contributed by atoms with E-state index >= 15 is 0 Å². The van der Waals surface area contributed by atoms with Crippen molar-refractivity contribution in [2.24, 2.45) is 5.92 Å². The molecule has 0 N–H and O–H groups in total. The smallest absolute Gasteiger partial charge is 0.258 e. The molecule has 5 heteroatoms. The number of alkyl halides is 1. The van der Waals surface area contributed by atoms with Crippen LogP contribution < -0.4 is 0 Å². The monoisotopic (exact) mass is 300 g/mol. The second-order valence-electron chi connectivity index (χ2n) is 4.62. The van der Waals surface area contributed by atoms with Gasteiger partial charge in [-0.05, 0) is 18.4 Å². The molecule has 1 heterocycles. The summed E-state index contributed by atoms with van der Waals surface area (Å²) in [5, 5.41) is 11.1. The number of pyridine rings is 1. The first-order valence-corrected chi connectivity index (χ1v) is 6.51. The lowest BCUT2D eigenvalue weighted by Crippen LogP contribution is -2.18. The fourth-order valence-corrected chi connectivity index (χ4v) is 2.89. The lowest BCUT2D eigenvalue weighted by Gasteiger charge is -2.22. The van der Waals surface area contributed by atoms with Gasteiger partial charge >= 0.3 is 0 Å². The van der Waals surface area contributed by atoms with Gasteiger partial charge in [-0.3, -0.25) is 15.1 Å². The predicted octanol–water partition coefficient (Wildman–Crippen LogP) is 3.82. The number of halogens is 1. The minimum atomic E-state index is -0.347. The number of hydrogen-bond donors (Lipinski definition) is 0. The van der Waals surface area contributed by atoms with Gasteiger partial charge in [-0.15, -0.1) is 0 Å². The van der Waals surface area contributed by atoms with Crippen LogP contribution in [0, 0.1) is 23.0 Å². The zero-order valence-electron chi connectivity index (χ0n) is 10.5. The summed E-state index contributed by atoms with van der Waals surface area (Å²) in [6.45, 7) is 7.91. The van der Waals surface area contributed by atoms with Crippen LogP contribution in [0.3, 0.4) is 0 Å². The van der Waals surface area contributed by atoms with Gasteiger partial charge in [0.2, 0.25) is 0 Å². The first-order chi connectivity index (χ1) is 7.84. The van der Waals surface area contributed by atoms with Crippen LogP contribution in [0.15, 0.2) is 12.3 Å². The number of nitrogens with zero attached hydrogens (tertiary/aromatic N) is 2. The van der Waals surface area contributed by atoms with Crippen LogP contribution in [0.5, 0.6) is 0 Å². The predicted molar refractivity (Wildman–Crippen MR) is 71.6 cm³/mol. The molecule has 0 saturated carbocycles. The number of aromatic nitrogens is 1. The number of rotatable bonds is 4. The van der Waals surface area contributed by atoms with Crippen molar-refractivity contribution in [3.8, 4) is 0 Å². The third-order valence-corrected chi connectivity index (χ3v) is 3.33. The van der Waals surface area contributed by atoms with Gasteiger partial charge in [0.25, 0.3) is 5.69 Å². The summed E-state index contributed by atoms with van der Waals surface area (Å²) < 4.78 is 0. The molecule has 2 atom stereocenters. The van der Waals surface area contributed by atoms with E-state index in [9.17, 15) is 10.1 Å². The lowest BCUT2D eigenvalue weighted by atomic mass is 9.88. The van der Waals surface area contributed by atoms with E-state index in [0.717, 1.165) is 5.56 Å². The molecule has 1 aromatic rings. The van der Waals surface area contributed by atoms with Gasteiger partial charge in [-0.1, -0.05) is 36.7 Å². The van der Waals surface area contributed by atoms with E-state index in [2.05, 4.69) is 20.9 Å². The maximum atomic E-state index is 11.1. The third-order valence-electron chi connectivity index (χ3n) is 2.76. The SMILES string of the molecule is Cc1cnc(C(C(C)C)C(C)Br)c([N+](=O)[O-])c1. The van der Waals surface area contributed by atoms with Crippen molar-refractivity contribution in [2.45, 2.75) is 38.4 Å². The molecule has 0 aliphatic heterocycles. The molecule has 4 nitrogen and oxygen atoms in total. The summed E-state index contributed by atoms with van der Waals surface area (Å²) in [6, 6.07) is 1.59. The first kappa shape index (κ1) is 14.1. The Bertz CT molecular complexity index is 411. The molecule has 2 unspecified atom stereocenters. The van der Waals surface area contributed by atoms with Crippen LogP contribution in [-0.4, -0.2) is 14.7 Å². The summed E-state index contributed by atoms with van der Waals surface area (Å²) in [5.74, 6) is 0.328. The third kappa shape index (κ3) is 3.25. The van der Waals surface area contributed by atoms with E-state index in [1.807, 2.05) is 27.7 Å². The van der Waals surface area contributed by atoms with Gasteiger partial charge in [-0.25, -0.2) is 0 Å². The summed E-state index contributed by atoms with van der Waals surface area (Å²) in [4.78, 5) is 15.1. The maximum absolute atomic E-state index is 11.1. The van der Waals surface area contributed by atoms with E-state index < -0.39 is 0 Å². The summed E-state index contributed by atoms with van der Waals surface area (Å²) in [6.07, 6.45) is 1.69. The van der Waals surface area contributed by atoms with Gasteiger partial charge in [0.05, 0.1) is 4.92 Å². The largest absolute Gasteiger partial charge is 0.291 e. The number of hydrogen-bond acceptors (Lipinski definition) is 3. The zero-order chi connectivity index (χ0) is 13.2. The normalized spacial score (nSPS) is 14.7. The van der Waals surface area contributed by atoms with E-state index in [-0.39, 0.29) is 21.4 Å². The van der Waals surface area contributed by atoms with E-state index in [1.54, 1.807) is 12.3 Å². The molecular formula is C12H17BrN2O2. The average Bonchev–Trinajstić information content (AvgIpc) is 2.19. The number of nitro groups is 1. The minimum absolute atomic E-state index is 0.0380. The molecule has 0 radical (unpaired) electrons. The standard InChI is InChI=1S/C12H17BrN2O2/c1-7(2)11(9(4)13)12-10(15(16)17)5-8(3)6-14-12/h5-7,9,11H,1-4H3. The van der Waals surface area contributed by atoms with Gasteiger partial charge < -0.3 is 0 Å². The highest BCUT2D eigenvalue weighted by Crippen LogP contribution is 2.35. The van der Waals surface area contributed by atoms with Crippen LogP contribution in [0.2, 0.25) is 0 Å². The van der Waals surface area contributed by atoms with Gasteiger partial charge in [0.1, 0.15) is 5.69 Å². The Balaban J connectivity index is 3.32. The van der Waals surface area contributed by atoms with Crippen LogP contribution in [0.1, 0.15) is 37.9 Å². The highest BCUT2D eigenvalue weighted by Gasteiger charge is 2.29. The van der Waals surface area contributed by atoms with E-state index in [4.69, 9.17) is 0 Å². The average molecular weight is 301 g/mol. The Kier molecular flexibility index (Phi) is 4.62. The molecule has 0 spiro atoms. The van der Waals surface area contributed by atoms with Crippen molar-refractivity contribution in [3.63, 3.8) is 0 Å². The first-order valence-electron chi connectivity index (χ1n) is 5.59. The summed E-state index contributed by atoms with van der Waals surface area (Å²) >= 11 is 3.52. The van der Waals surface area contributed by atoms with E-state index in [0.29, 0.717) is 11.6 Å². The Morgan fingerprint density at radius 1 is 1.41 bits per heavy atom. The molecule has 0 amide bonds. The van der Waals surface area contributed by atoms with Crippen molar-refractivity contribution < 1.29 is 4.92 Å². The molecule has 1 aromatic heterocycles. The van der Waals surface area contributed by atoms with Crippen molar-refractivity contribution in [3.05, 3.63) is 33.6 Å². The van der Waals surface area contributed by atoms with Crippen molar-refractivity contribution >= 4 is 21.6 Å². The fourth-order valence-electron chi connectivity index (χ4n) is 2.03. The molecule has 1 rings (SSSR count). The Labute approximate surface area is 110 Å². The molecule has 17 heavy (non-hydrogen) atoms. The molecule has 94 valence electrons. The number of aryl methyl sites for hydroxylation is 1. The van der Waals surface area contributed by atoms with Crippen LogP contribution >= 0.6 is 15.9 Å². The van der Waals surface area contributed by atoms with Crippen LogP contribution in [-0.2, 0) is 0 Å². The van der Waals surface area contributed by atoms with Crippen molar-refractivity contribution in [2.75, 3.05) is 0 Å². The summed E-state index contributed by atoms with van der Waals surface area (Å²) in [5.41, 5.74) is 1.50. The van der Waals surface area contributed by atoms with Crippen molar-refractivity contribution in [1.29, 1.82) is 0 Å². The lowest BCUT2D eigenvalue weighted by molar-refractivity contribution is -0.386. The van der Waals surface area contributed by atoms with Crippen LogP contribution in [0.25, 0.3) is 0 Å². The molecular weight excluding hydrogens is 284 g/mol. The van der Waals surface area contributed by atoms with Crippen LogP contribution in [0.4, 0.5) is 5.69 Å². The second-order valence-corrected chi connectivity index (χ2v) is 6.07. The topological polar surface area (TPSA) is 56.0 Å². The minimum Gasteiger partial charge on any atom is -0.258 e. The molecule has 0 saturated heterocycles. The molecule has 0 bridgehead atoms. The van der Waals surface area contributed by atoms with Gasteiger partial charge in [0, 0.05) is 23.0 Å². The molecule has 0 aromatic carbocycles.